The highest BCUT2D eigenvalue weighted by Crippen LogP contribution is 2.19. The molecule has 14 heavy (non-hydrogen) atoms. The maximum Gasteiger partial charge on any atom is 0.0768 e. The van der Waals surface area contributed by atoms with Gasteiger partial charge >= 0.3 is 0 Å². The van der Waals surface area contributed by atoms with E-state index in [1.165, 1.54) is 25.3 Å². The molecule has 1 aliphatic heterocycles. The Balaban J connectivity index is 2.33. The number of rotatable bonds is 3. The molecule has 82 valence electrons. The fourth-order valence-corrected chi connectivity index (χ4v) is 2.71. The molecule has 0 aromatic carbocycles. The Bertz CT molecular complexity index is 197. The lowest BCUT2D eigenvalue weighted by Crippen LogP contribution is -2.35. The van der Waals surface area contributed by atoms with Crippen molar-refractivity contribution in [3.63, 3.8) is 0 Å². The van der Waals surface area contributed by atoms with Crippen LogP contribution in [0.1, 0.15) is 20.3 Å². The van der Waals surface area contributed by atoms with Crippen molar-refractivity contribution in [3.8, 4) is 0 Å². The third kappa shape index (κ3) is 4.15. The highest BCUT2D eigenvalue weighted by molar-refractivity contribution is 7.99. The molecule has 0 aromatic heterocycles. The zero-order chi connectivity index (χ0) is 10.6. The Hall–Kier alpha value is 0.200. The lowest BCUT2D eigenvalue weighted by atomic mass is 10.1. The Morgan fingerprint density at radius 1 is 1.64 bits per heavy atom. The Morgan fingerprint density at radius 3 is 3.00 bits per heavy atom. The van der Waals surface area contributed by atoms with Crippen LogP contribution in [0.4, 0.5) is 0 Å². The summed E-state index contributed by atoms with van der Waals surface area (Å²) in [5.74, 6) is 1.59. The number of hydrogen-bond donors (Lipinski definition) is 1. The van der Waals surface area contributed by atoms with Crippen molar-refractivity contribution >= 4 is 29.0 Å². The first-order chi connectivity index (χ1) is 6.59. The van der Waals surface area contributed by atoms with E-state index in [0.717, 1.165) is 11.8 Å². The summed E-state index contributed by atoms with van der Waals surface area (Å²) in [6.07, 6.45) is 1.29. The summed E-state index contributed by atoms with van der Waals surface area (Å²) in [5, 5.41) is 0.806. The van der Waals surface area contributed by atoms with Crippen molar-refractivity contribution in [2.75, 3.05) is 25.4 Å². The number of nitrogens with two attached hydrogens (primary N) is 1. The van der Waals surface area contributed by atoms with Gasteiger partial charge in [0.05, 0.1) is 4.99 Å². The van der Waals surface area contributed by atoms with Gasteiger partial charge in [0.1, 0.15) is 0 Å². The molecule has 1 fully saturated rings. The largest absolute Gasteiger partial charge is 0.393 e. The lowest BCUT2D eigenvalue weighted by molar-refractivity contribution is 0.276. The summed E-state index contributed by atoms with van der Waals surface area (Å²) in [6, 6.07) is 0. The lowest BCUT2D eigenvalue weighted by Gasteiger charge is -2.22. The highest BCUT2D eigenvalue weighted by Gasteiger charge is 2.16. The van der Waals surface area contributed by atoms with Crippen LogP contribution in [0, 0.1) is 5.92 Å². The number of thiocarbonyl (C=S) groups is 1. The van der Waals surface area contributed by atoms with Crippen LogP contribution in [-0.4, -0.2) is 40.5 Å². The molecule has 0 radical (unpaired) electrons. The zero-order valence-corrected chi connectivity index (χ0v) is 10.7. The summed E-state index contributed by atoms with van der Waals surface area (Å²) < 4.78 is 0. The van der Waals surface area contributed by atoms with Gasteiger partial charge in [-0.25, -0.2) is 0 Å². The van der Waals surface area contributed by atoms with Crippen LogP contribution >= 0.6 is 24.0 Å². The standard InChI is InChI=1S/C10H20N2S2/c1-8(10(11)13)7-12-4-3-9(2)14-6-5-12/h8-9H,3-7H2,1-2H3,(H2,11,13). The predicted molar refractivity (Wildman–Crippen MR) is 68.9 cm³/mol. The van der Waals surface area contributed by atoms with Crippen LogP contribution in [0.2, 0.25) is 0 Å². The summed E-state index contributed by atoms with van der Waals surface area (Å²) >= 11 is 7.06. The van der Waals surface area contributed by atoms with E-state index in [0.29, 0.717) is 10.9 Å². The molecule has 1 saturated heterocycles. The van der Waals surface area contributed by atoms with Crippen molar-refractivity contribution < 1.29 is 0 Å². The molecule has 0 bridgehead atoms. The average Bonchev–Trinajstić information content (AvgIpc) is 2.31. The van der Waals surface area contributed by atoms with Crippen LogP contribution in [0.3, 0.4) is 0 Å². The van der Waals surface area contributed by atoms with Crippen molar-refractivity contribution in [2.45, 2.75) is 25.5 Å². The van der Waals surface area contributed by atoms with E-state index in [1.807, 2.05) is 0 Å². The number of thioether (sulfide) groups is 1. The average molecular weight is 232 g/mol. The topological polar surface area (TPSA) is 29.3 Å². The fraction of sp³-hybridized carbons (Fsp3) is 0.900. The van der Waals surface area contributed by atoms with Crippen molar-refractivity contribution in [2.24, 2.45) is 11.7 Å². The second-order valence-corrected chi connectivity index (χ2v) is 6.09. The van der Waals surface area contributed by atoms with Gasteiger partial charge < -0.3 is 10.6 Å². The van der Waals surface area contributed by atoms with E-state index in [2.05, 4.69) is 30.5 Å². The van der Waals surface area contributed by atoms with Gasteiger partial charge in [0, 0.05) is 30.0 Å². The first-order valence-electron chi connectivity index (χ1n) is 5.23. The van der Waals surface area contributed by atoms with E-state index in [4.69, 9.17) is 18.0 Å². The molecule has 1 heterocycles. The maximum atomic E-state index is 5.62. The third-order valence-electron chi connectivity index (χ3n) is 2.68. The quantitative estimate of drug-likeness (QED) is 0.751. The molecule has 2 atom stereocenters. The summed E-state index contributed by atoms with van der Waals surface area (Å²) in [4.78, 5) is 3.13. The number of nitrogens with zero attached hydrogens (tertiary/aromatic N) is 1. The summed E-state index contributed by atoms with van der Waals surface area (Å²) in [6.45, 7) is 7.83. The molecule has 0 aliphatic carbocycles. The van der Waals surface area contributed by atoms with E-state index >= 15 is 0 Å². The number of hydrogen-bond acceptors (Lipinski definition) is 3. The molecule has 2 N–H and O–H groups in total. The maximum absolute atomic E-state index is 5.62. The van der Waals surface area contributed by atoms with Crippen LogP contribution in [-0.2, 0) is 0 Å². The normalized spacial score (nSPS) is 26.9. The van der Waals surface area contributed by atoms with Gasteiger partial charge in [-0.15, -0.1) is 0 Å². The Kier molecular flexibility index (Phi) is 5.20. The smallest absolute Gasteiger partial charge is 0.0768 e. The monoisotopic (exact) mass is 232 g/mol. The van der Waals surface area contributed by atoms with Crippen LogP contribution in [0.15, 0.2) is 0 Å². The third-order valence-corrected chi connectivity index (χ3v) is 4.30. The van der Waals surface area contributed by atoms with Gasteiger partial charge in [0.2, 0.25) is 0 Å². The van der Waals surface area contributed by atoms with Gasteiger partial charge in [-0.2, -0.15) is 11.8 Å². The molecule has 0 spiro atoms. The van der Waals surface area contributed by atoms with E-state index in [1.54, 1.807) is 0 Å². The molecule has 2 nitrogen and oxygen atoms in total. The van der Waals surface area contributed by atoms with E-state index in [-0.39, 0.29) is 0 Å². The molecular weight excluding hydrogens is 212 g/mol. The van der Waals surface area contributed by atoms with Crippen LogP contribution in [0.5, 0.6) is 0 Å². The first-order valence-corrected chi connectivity index (χ1v) is 6.68. The Morgan fingerprint density at radius 2 is 2.36 bits per heavy atom. The van der Waals surface area contributed by atoms with Gasteiger partial charge in [0.15, 0.2) is 0 Å². The Labute approximate surface area is 96.6 Å². The molecular formula is C10H20N2S2. The van der Waals surface area contributed by atoms with Gasteiger partial charge in [0.25, 0.3) is 0 Å². The summed E-state index contributed by atoms with van der Waals surface area (Å²) in [5.41, 5.74) is 5.62. The first kappa shape index (κ1) is 12.3. The second-order valence-electron chi connectivity index (χ2n) is 4.07. The van der Waals surface area contributed by atoms with Crippen LogP contribution in [0.25, 0.3) is 0 Å². The summed E-state index contributed by atoms with van der Waals surface area (Å²) in [7, 11) is 0. The van der Waals surface area contributed by atoms with Gasteiger partial charge in [-0.05, 0) is 13.0 Å². The fourth-order valence-electron chi connectivity index (χ4n) is 1.60. The van der Waals surface area contributed by atoms with E-state index < -0.39 is 0 Å². The minimum absolute atomic E-state index is 0.350. The SMILES string of the molecule is CC1CCN(CC(C)C(N)=S)CCS1. The van der Waals surface area contributed by atoms with Crippen molar-refractivity contribution in [3.05, 3.63) is 0 Å². The van der Waals surface area contributed by atoms with Gasteiger partial charge in [-0.3, -0.25) is 0 Å². The van der Waals surface area contributed by atoms with Gasteiger partial charge in [-0.1, -0.05) is 26.1 Å². The minimum atomic E-state index is 0.350. The molecule has 0 aromatic rings. The molecule has 1 rings (SSSR count). The molecule has 2 unspecified atom stereocenters. The van der Waals surface area contributed by atoms with Crippen LogP contribution < -0.4 is 5.73 Å². The minimum Gasteiger partial charge on any atom is -0.393 e. The highest BCUT2D eigenvalue weighted by atomic mass is 32.2. The zero-order valence-electron chi connectivity index (χ0n) is 9.03. The molecule has 4 heteroatoms. The van der Waals surface area contributed by atoms with E-state index in [9.17, 15) is 0 Å². The molecule has 1 aliphatic rings. The molecule has 0 saturated carbocycles. The molecule has 0 amide bonds. The van der Waals surface area contributed by atoms with Crippen molar-refractivity contribution in [1.82, 2.24) is 4.90 Å². The van der Waals surface area contributed by atoms with Crippen molar-refractivity contribution in [1.29, 1.82) is 0 Å². The second kappa shape index (κ2) is 5.93. The predicted octanol–water partition coefficient (Wildman–Crippen LogP) is 1.74.